The number of benzene rings is 1. The van der Waals surface area contributed by atoms with Crippen LogP contribution in [0.15, 0.2) is 35.3 Å². The first-order chi connectivity index (χ1) is 17.0. The minimum Gasteiger partial charge on any atom is -0.480 e. The molecule has 0 fully saturated rings. The van der Waals surface area contributed by atoms with E-state index in [0.717, 1.165) is 0 Å². The average molecular weight is 510 g/mol. The summed E-state index contributed by atoms with van der Waals surface area (Å²) >= 11 is 0. The number of carboxylic acid groups (broad SMARTS) is 1. The molecule has 5 atom stereocenters. The van der Waals surface area contributed by atoms with Crippen LogP contribution in [0.4, 0.5) is 0 Å². The van der Waals surface area contributed by atoms with E-state index in [1.165, 1.54) is 6.92 Å². The third-order valence-electron chi connectivity index (χ3n) is 5.07. The third kappa shape index (κ3) is 10.7. The number of aliphatic hydroxyl groups is 2. The maximum absolute atomic E-state index is 13.0. The maximum Gasteiger partial charge on any atom is 0.326 e. The third-order valence-corrected chi connectivity index (χ3v) is 5.07. The lowest BCUT2D eigenvalue weighted by atomic mass is 10.0. The summed E-state index contributed by atoms with van der Waals surface area (Å²) in [4.78, 5) is 53.4. The van der Waals surface area contributed by atoms with E-state index in [9.17, 15) is 29.4 Å². The van der Waals surface area contributed by atoms with Crippen LogP contribution >= 0.6 is 0 Å². The molecule has 12 N–H and O–H groups in total. The Morgan fingerprint density at radius 2 is 1.58 bits per heavy atom. The van der Waals surface area contributed by atoms with Crippen molar-refractivity contribution in [3.63, 3.8) is 0 Å². The van der Waals surface area contributed by atoms with Crippen LogP contribution < -0.4 is 33.2 Å². The van der Waals surface area contributed by atoms with E-state index >= 15 is 0 Å². The van der Waals surface area contributed by atoms with E-state index in [-0.39, 0.29) is 31.8 Å². The number of amides is 3. The molecule has 0 saturated carbocycles. The number of nitrogens with zero attached hydrogens (tertiary/aromatic N) is 1. The quantitative estimate of drug-likeness (QED) is 0.0640. The fraction of sp³-hybridized carbons (Fsp3) is 0.500. The number of nitrogens with two attached hydrogens (primary N) is 3. The Balaban J connectivity index is 2.98. The number of hydrogen-bond donors (Lipinski definition) is 9. The summed E-state index contributed by atoms with van der Waals surface area (Å²) in [5.74, 6) is -4.03. The topological polar surface area (TPSA) is 255 Å². The fourth-order valence-corrected chi connectivity index (χ4v) is 3.10. The Labute approximate surface area is 208 Å². The standard InChI is InChI=1S/C22H35N7O7/c1-12(31)17(20(34)27-15(21(35)36)8-5-9-26-22(24)25)29-19(33)16(28-18(32)14(23)11-30)10-13-6-3-2-4-7-13/h2-4,6-7,12,14-17,30-31H,5,8-11,23H2,1H3,(H,27,34)(H,28,32)(H,29,33)(H,35,36)(H4,24,25,26). The highest BCUT2D eigenvalue weighted by atomic mass is 16.4. The smallest absolute Gasteiger partial charge is 0.326 e. The van der Waals surface area contributed by atoms with Gasteiger partial charge in [0.15, 0.2) is 5.96 Å². The second kappa shape index (κ2) is 15.3. The van der Waals surface area contributed by atoms with E-state index in [0.29, 0.717) is 5.56 Å². The van der Waals surface area contributed by atoms with Crippen molar-refractivity contribution in [1.29, 1.82) is 0 Å². The second-order valence-corrected chi connectivity index (χ2v) is 8.12. The van der Waals surface area contributed by atoms with E-state index in [2.05, 4.69) is 20.9 Å². The van der Waals surface area contributed by atoms with Gasteiger partial charge in [-0.05, 0) is 25.3 Å². The van der Waals surface area contributed by atoms with Crippen molar-refractivity contribution in [1.82, 2.24) is 16.0 Å². The number of aliphatic carboxylic acids is 1. The van der Waals surface area contributed by atoms with Crippen molar-refractivity contribution in [2.45, 2.75) is 56.5 Å². The van der Waals surface area contributed by atoms with Crippen LogP contribution in [0.3, 0.4) is 0 Å². The largest absolute Gasteiger partial charge is 0.480 e. The van der Waals surface area contributed by atoms with Gasteiger partial charge in [-0.3, -0.25) is 19.4 Å². The molecule has 200 valence electrons. The SMILES string of the molecule is CC(O)C(NC(=O)C(Cc1ccccc1)NC(=O)C(N)CO)C(=O)NC(CCCN=C(N)N)C(=O)O. The number of nitrogens with one attached hydrogen (secondary N) is 3. The van der Waals surface area contributed by atoms with E-state index < -0.39 is 60.6 Å². The first kappa shape index (κ1) is 30.3. The molecule has 0 aliphatic rings. The van der Waals surface area contributed by atoms with Crippen molar-refractivity contribution in [2.75, 3.05) is 13.2 Å². The molecular formula is C22H35N7O7. The summed E-state index contributed by atoms with van der Waals surface area (Å²) < 4.78 is 0. The zero-order valence-electron chi connectivity index (χ0n) is 20.0. The number of rotatable bonds is 15. The predicted molar refractivity (Wildman–Crippen MR) is 130 cm³/mol. The maximum atomic E-state index is 13.0. The summed E-state index contributed by atoms with van der Waals surface area (Å²) in [6.45, 7) is 0.741. The Bertz CT molecular complexity index is 907. The molecule has 14 heteroatoms. The number of aliphatic imine (C=N–C) groups is 1. The molecule has 0 aliphatic carbocycles. The molecule has 0 aromatic heterocycles. The Morgan fingerprint density at radius 3 is 2.11 bits per heavy atom. The zero-order chi connectivity index (χ0) is 27.3. The molecule has 0 aliphatic heterocycles. The Kier molecular flexibility index (Phi) is 12.9. The van der Waals surface area contributed by atoms with Crippen molar-refractivity contribution >= 4 is 29.7 Å². The number of aliphatic hydroxyl groups excluding tert-OH is 2. The molecule has 0 spiro atoms. The summed E-state index contributed by atoms with van der Waals surface area (Å²) in [7, 11) is 0. The number of guanidine groups is 1. The lowest BCUT2D eigenvalue weighted by Crippen LogP contribution is -2.60. The number of carboxylic acids is 1. The van der Waals surface area contributed by atoms with Crippen LogP contribution in [-0.4, -0.2) is 88.4 Å². The van der Waals surface area contributed by atoms with E-state index in [1.807, 2.05) is 0 Å². The average Bonchev–Trinajstić information content (AvgIpc) is 2.83. The van der Waals surface area contributed by atoms with Crippen LogP contribution in [0.25, 0.3) is 0 Å². The van der Waals surface area contributed by atoms with Gasteiger partial charge in [-0.2, -0.15) is 0 Å². The molecule has 0 heterocycles. The number of carbonyl (C=O) groups is 4. The number of carbonyl (C=O) groups excluding carboxylic acids is 3. The zero-order valence-corrected chi connectivity index (χ0v) is 20.0. The Hall–Kier alpha value is -3.75. The molecule has 1 aromatic carbocycles. The summed E-state index contributed by atoms with van der Waals surface area (Å²) in [5.41, 5.74) is 16.7. The molecule has 0 bridgehead atoms. The van der Waals surface area contributed by atoms with Gasteiger partial charge in [0.05, 0.1) is 12.7 Å². The van der Waals surface area contributed by atoms with Gasteiger partial charge >= 0.3 is 5.97 Å². The van der Waals surface area contributed by atoms with Crippen molar-refractivity contribution in [2.24, 2.45) is 22.2 Å². The van der Waals surface area contributed by atoms with Crippen LogP contribution in [0.2, 0.25) is 0 Å². The minimum atomic E-state index is -1.53. The summed E-state index contributed by atoms with van der Waals surface area (Å²) in [5, 5.41) is 35.8. The molecule has 36 heavy (non-hydrogen) atoms. The fourth-order valence-electron chi connectivity index (χ4n) is 3.10. The second-order valence-electron chi connectivity index (χ2n) is 8.12. The molecule has 1 rings (SSSR count). The molecule has 1 aromatic rings. The van der Waals surface area contributed by atoms with Gasteiger partial charge in [0.25, 0.3) is 0 Å². The Morgan fingerprint density at radius 1 is 0.972 bits per heavy atom. The highest BCUT2D eigenvalue weighted by Gasteiger charge is 2.32. The van der Waals surface area contributed by atoms with Gasteiger partial charge < -0.3 is 48.5 Å². The molecule has 3 amide bonds. The van der Waals surface area contributed by atoms with Gasteiger partial charge in [0.2, 0.25) is 17.7 Å². The van der Waals surface area contributed by atoms with Crippen LogP contribution in [-0.2, 0) is 25.6 Å². The molecule has 0 saturated heterocycles. The monoisotopic (exact) mass is 509 g/mol. The predicted octanol–water partition coefficient (Wildman–Crippen LogP) is -3.48. The first-order valence-electron chi connectivity index (χ1n) is 11.2. The van der Waals surface area contributed by atoms with Gasteiger partial charge in [0, 0.05) is 13.0 Å². The first-order valence-corrected chi connectivity index (χ1v) is 11.2. The van der Waals surface area contributed by atoms with Crippen molar-refractivity contribution in [3.05, 3.63) is 35.9 Å². The van der Waals surface area contributed by atoms with Crippen molar-refractivity contribution < 1.29 is 34.5 Å². The minimum absolute atomic E-state index is 0.00985. The van der Waals surface area contributed by atoms with Crippen molar-refractivity contribution in [3.8, 4) is 0 Å². The highest BCUT2D eigenvalue weighted by Crippen LogP contribution is 2.06. The normalized spacial score (nSPS) is 14.9. The number of hydrogen-bond acceptors (Lipinski definition) is 8. The molecule has 14 nitrogen and oxygen atoms in total. The van der Waals surface area contributed by atoms with Gasteiger partial charge in [0.1, 0.15) is 24.2 Å². The summed E-state index contributed by atoms with van der Waals surface area (Å²) in [6.07, 6.45) is -1.15. The molecular weight excluding hydrogens is 474 g/mol. The van der Waals surface area contributed by atoms with Crippen LogP contribution in [0, 0.1) is 0 Å². The van der Waals surface area contributed by atoms with Gasteiger partial charge in [-0.1, -0.05) is 30.3 Å². The molecule has 0 radical (unpaired) electrons. The lowest BCUT2D eigenvalue weighted by molar-refractivity contribution is -0.143. The van der Waals surface area contributed by atoms with E-state index in [1.54, 1.807) is 30.3 Å². The van der Waals surface area contributed by atoms with Crippen LogP contribution in [0.1, 0.15) is 25.3 Å². The molecule has 5 unspecified atom stereocenters. The van der Waals surface area contributed by atoms with Crippen LogP contribution in [0.5, 0.6) is 0 Å². The van der Waals surface area contributed by atoms with Gasteiger partial charge in [-0.15, -0.1) is 0 Å². The summed E-state index contributed by atoms with van der Waals surface area (Å²) in [6, 6.07) is 3.33. The van der Waals surface area contributed by atoms with Gasteiger partial charge in [-0.25, -0.2) is 4.79 Å². The lowest BCUT2D eigenvalue weighted by Gasteiger charge is -2.26. The van der Waals surface area contributed by atoms with E-state index in [4.69, 9.17) is 22.3 Å². The highest BCUT2D eigenvalue weighted by molar-refractivity contribution is 5.94.